The Morgan fingerprint density at radius 1 is 0.944 bits per heavy atom. The van der Waals surface area contributed by atoms with Gasteiger partial charge in [-0.3, -0.25) is 4.52 Å². The molecule has 3 nitrogen and oxygen atoms in total. The van der Waals surface area contributed by atoms with Crippen LogP contribution in [0.25, 0.3) is 0 Å². The number of hydrogen-bond donors (Lipinski definition) is 0. The average Bonchev–Trinajstić information content (AvgIpc) is 2.41. The number of rotatable bonds is 5. The lowest BCUT2D eigenvalue weighted by molar-refractivity contribution is 0.289. The summed E-state index contributed by atoms with van der Waals surface area (Å²) in [6, 6.07) is 18.0. The van der Waals surface area contributed by atoms with E-state index in [1.54, 1.807) is 31.2 Å². The van der Waals surface area contributed by atoms with E-state index in [0.717, 1.165) is 0 Å². The molecule has 0 aromatic heterocycles. The molecule has 0 saturated carbocycles. The molecule has 18 heavy (non-hydrogen) atoms. The van der Waals surface area contributed by atoms with Gasteiger partial charge in [0.05, 0.1) is 11.9 Å². The second-order valence-electron chi connectivity index (χ2n) is 3.66. The molecule has 4 heteroatoms. The Morgan fingerprint density at radius 2 is 1.50 bits per heavy atom. The molecule has 2 aromatic carbocycles. The normalized spacial score (nSPS) is 13.8. The second-order valence-corrected chi connectivity index (χ2v) is 5.61. The minimum atomic E-state index is -3.29. The van der Waals surface area contributed by atoms with Gasteiger partial charge in [0, 0.05) is 0 Å². The van der Waals surface area contributed by atoms with Crippen LogP contribution in [0.1, 0.15) is 6.92 Å². The lowest BCUT2D eigenvalue weighted by atomic mass is 10.3. The van der Waals surface area contributed by atoms with Gasteiger partial charge in [-0.15, -0.1) is 0 Å². The molecular weight excluding hydrogens is 247 g/mol. The van der Waals surface area contributed by atoms with Crippen LogP contribution >= 0.6 is 7.60 Å². The van der Waals surface area contributed by atoms with Crippen LogP contribution in [0.5, 0.6) is 5.75 Å². The molecule has 0 bridgehead atoms. The molecule has 94 valence electrons. The van der Waals surface area contributed by atoms with Crippen LogP contribution in [0.3, 0.4) is 0 Å². The van der Waals surface area contributed by atoms with Crippen LogP contribution in [0.4, 0.5) is 0 Å². The maximum atomic E-state index is 12.7. The van der Waals surface area contributed by atoms with Gasteiger partial charge in [0.1, 0.15) is 5.75 Å². The SMILES string of the molecule is CCOP(=O)(Oc1ccccc1)c1ccccc1. The topological polar surface area (TPSA) is 35.5 Å². The number of benzene rings is 2. The zero-order valence-corrected chi connectivity index (χ0v) is 11.0. The van der Waals surface area contributed by atoms with Gasteiger partial charge in [0.15, 0.2) is 0 Å². The van der Waals surface area contributed by atoms with Crippen molar-refractivity contribution >= 4 is 12.9 Å². The Hall–Kier alpha value is -1.57. The molecule has 1 atom stereocenters. The molecule has 2 aromatic rings. The molecule has 0 spiro atoms. The Balaban J connectivity index is 2.31. The first-order chi connectivity index (χ1) is 8.74. The van der Waals surface area contributed by atoms with E-state index in [-0.39, 0.29) is 0 Å². The third-order valence-electron chi connectivity index (χ3n) is 2.34. The fourth-order valence-corrected chi connectivity index (χ4v) is 3.14. The molecule has 0 amide bonds. The lowest BCUT2D eigenvalue weighted by Gasteiger charge is -2.18. The van der Waals surface area contributed by atoms with E-state index in [1.165, 1.54) is 0 Å². The quantitative estimate of drug-likeness (QED) is 0.772. The zero-order valence-electron chi connectivity index (χ0n) is 10.2. The van der Waals surface area contributed by atoms with Gasteiger partial charge < -0.3 is 4.52 Å². The lowest BCUT2D eigenvalue weighted by Crippen LogP contribution is -2.12. The third kappa shape index (κ3) is 3.00. The predicted molar refractivity (Wildman–Crippen MR) is 72.4 cm³/mol. The van der Waals surface area contributed by atoms with Crippen molar-refractivity contribution in [1.82, 2.24) is 0 Å². The summed E-state index contributed by atoms with van der Waals surface area (Å²) in [5.74, 6) is 0.540. The monoisotopic (exact) mass is 262 g/mol. The molecule has 0 N–H and O–H groups in total. The van der Waals surface area contributed by atoms with Gasteiger partial charge >= 0.3 is 7.60 Å². The number of hydrogen-bond acceptors (Lipinski definition) is 3. The minimum absolute atomic E-state index is 0.332. The maximum Gasteiger partial charge on any atom is 0.410 e. The van der Waals surface area contributed by atoms with Crippen LogP contribution in [-0.4, -0.2) is 6.61 Å². The fraction of sp³-hybridized carbons (Fsp3) is 0.143. The van der Waals surface area contributed by atoms with E-state index >= 15 is 0 Å². The van der Waals surface area contributed by atoms with Gasteiger partial charge in [0.2, 0.25) is 0 Å². The molecule has 0 aliphatic rings. The van der Waals surface area contributed by atoms with Crippen molar-refractivity contribution < 1.29 is 13.6 Å². The van der Waals surface area contributed by atoms with Gasteiger partial charge in [-0.25, -0.2) is 4.57 Å². The van der Waals surface area contributed by atoms with E-state index in [9.17, 15) is 4.57 Å². The van der Waals surface area contributed by atoms with E-state index < -0.39 is 7.60 Å². The summed E-state index contributed by atoms with van der Waals surface area (Å²) in [5.41, 5.74) is 0. The average molecular weight is 262 g/mol. The Labute approximate surface area is 107 Å². The molecule has 0 fully saturated rings. The van der Waals surface area contributed by atoms with Crippen molar-refractivity contribution in [3.8, 4) is 5.75 Å². The first-order valence-corrected chi connectivity index (χ1v) is 7.34. The molecule has 1 unspecified atom stereocenters. The van der Waals surface area contributed by atoms with Crippen molar-refractivity contribution in [2.45, 2.75) is 6.92 Å². The smallest absolute Gasteiger partial charge is 0.410 e. The van der Waals surface area contributed by atoms with Crippen molar-refractivity contribution in [1.29, 1.82) is 0 Å². The second kappa shape index (κ2) is 5.85. The highest BCUT2D eigenvalue weighted by Crippen LogP contribution is 2.46. The first kappa shape index (κ1) is 12.9. The zero-order chi connectivity index (χ0) is 12.8. The summed E-state index contributed by atoms with van der Waals surface area (Å²) in [7, 11) is -3.29. The summed E-state index contributed by atoms with van der Waals surface area (Å²) in [5, 5.41) is 0.565. The summed E-state index contributed by atoms with van der Waals surface area (Å²) in [6.45, 7) is 2.13. The van der Waals surface area contributed by atoms with Crippen LogP contribution in [-0.2, 0) is 9.09 Å². The van der Waals surface area contributed by atoms with Gasteiger partial charge in [-0.05, 0) is 31.2 Å². The third-order valence-corrected chi connectivity index (χ3v) is 4.32. The van der Waals surface area contributed by atoms with Gasteiger partial charge in [-0.2, -0.15) is 0 Å². The Morgan fingerprint density at radius 3 is 2.06 bits per heavy atom. The van der Waals surface area contributed by atoms with E-state index in [2.05, 4.69) is 0 Å². The van der Waals surface area contributed by atoms with Crippen LogP contribution in [0, 0.1) is 0 Å². The van der Waals surface area contributed by atoms with Crippen molar-refractivity contribution in [2.24, 2.45) is 0 Å². The minimum Gasteiger partial charge on any atom is -0.421 e. The Kier molecular flexibility index (Phi) is 4.19. The highest BCUT2D eigenvalue weighted by Gasteiger charge is 2.28. The number of para-hydroxylation sites is 1. The van der Waals surface area contributed by atoms with Gasteiger partial charge in [-0.1, -0.05) is 36.4 Å². The highest BCUT2D eigenvalue weighted by molar-refractivity contribution is 7.62. The van der Waals surface area contributed by atoms with Crippen molar-refractivity contribution in [3.63, 3.8) is 0 Å². The molecule has 0 saturated heterocycles. The molecule has 0 aliphatic carbocycles. The fourth-order valence-electron chi connectivity index (χ4n) is 1.55. The summed E-state index contributed by atoms with van der Waals surface area (Å²) in [4.78, 5) is 0. The molecule has 0 heterocycles. The molecule has 0 aliphatic heterocycles. The van der Waals surface area contributed by atoms with Crippen LogP contribution in [0.2, 0.25) is 0 Å². The van der Waals surface area contributed by atoms with Crippen molar-refractivity contribution in [2.75, 3.05) is 6.61 Å². The van der Waals surface area contributed by atoms with Crippen molar-refractivity contribution in [3.05, 3.63) is 60.7 Å². The molecule has 0 radical (unpaired) electrons. The summed E-state index contributed by atoms with van der Waals surface area (Å²) < 4.78 is 23.7. The molecular formula is C14H15O3P. The largest absolute Gasteiger partial charge is 0.421 e. The van der Waals surface area contributed by atoms with E-state index in [4.69, 9.17) is 9.05 Å². The van der Waals surface area contributed by atoms with E-state index in [0.29, 0.717) is 17.7 Å². The summed E-state index contributed by atoms with van der Waals surface area (Å²) >= 11 is 0. The standard InChI is InChI=1S/C14H15O3P/c1-2-16-18(15,14-11-7-4-8-12-14)17-13-9-5-3-6-10-13/h3-12H,2H2,1H3. The predicted octanol–water partition coefficient (Wildman–Crippen LogP) is 3.62. The van der Waals surface area contributed by atoms with Crippen LogP contribution < -0.4 is 9.83 Å². The molecule has 2 rings (SSSR count). The maximum absolute atomic E-state index is 12.7. The first-order valence-electron chi connectivity index (χ1n) is 5.79. The van der Waals surface area contributed by atoms with E-state index in [1.807, 2.05) is 36.4 Å². The van der Waals surface area contributed by atoms with Gasteiger partial charge in [0.25, 0.3) is 0 Å². The highest BCUT2D eigenvalue weighted by atomic mass is 31.2. The van der Waals surface area contributed by atoms with Crippen LogP contribution in [0.15, 0.2) is 60.7 Å². The Bertz CT molecular complexity index is 525. The summed E-state index contributed by atoms with van der Waals surface area (Å²) in [6.07, 6.45) is 0.